The van der Waals surface area contributed by atoms with Gasteiger partial charge >= 0.3 is 11.9 Å². The number of methoxy groups -OCH3 is 1. The monoisotopic (exact) mass is 378 g/mol. The van der Waals surface area contributed by atoms with E-state index in [0.717, 1.165) is 19.3 Å². The van der Waals surface area contributed by atoms with E-state index in [2.05, 4.69) is 20.8 Å². The summed E-state index contributed by atoms with van der Waals surface area (Å²) < 4.78 is 21.1. The van der Waals surface area contributed by atoms with Gasteiger partial charge in [-0.05, 0) is 42.7 Å². The quantitative estimate of drug-likeness (QED) is 0.644. The van der Waals surface area contributed by atoms with E-state index < -0.39 is 18.5 Å². The summed E-state index contributed by atoms with van der Waals surface area (Å²) in [5.74, 6) is 1.17. The number of esters is 2. The SMILES string of the molecule is COc1ccccc1OCC(=O)OCC(=O)OC1CC(C)CCC1C(C)C. The second-order valence-electron chi connectivity index (χ2n) is 7.45. The summed E-state index contributed by atoms with van der Waals surface area (Å²) in [5, 5.41) is 0. The minimum Gasteiger partial charge on any atom is -0.493 e. The van der Waals surface area contributed by atoms with Crippen molar-refractivity contribution in [2.75, 3.05) is 20.3 Å². The highest BCUT2D eigenvalue weighted by atomic mass is 16.6. The Morgan fingerprint density at radius 1 is 1.07 bits per heavy atom. The fourth-order valence-electron chi connectivity index (χ4n) is 3.51. The summed E-state index contributed by atoms with van der Waals surface area (Å²) in [6, 6.07) is 7.00. The van der Waals surface area contributed by atoms with Crippen LogP contribution in [0.5, 0.6) is 11.5 Å². The lowest BCUT2D eigenvalue weighted by Gasteiger charge is -2.36. The molecule has 0 aromatic heterocycles. The molecule has 3 unspecified atom stereocenters. The maximum atomic E-state index is 12.1. The molecule has 1 aliphatic rings. The lowest BCUT2D eigenvalue weighted by atomic mass is 9.75. The Labute approximate surface area is 161 Å². The molecule has 0 amide bonds. The Morgan fingerprint density at radius 2 is 1.78 bits per heavy atom. The van der Waals surface area contributed by atoms with E-state index in [9.17, 15) is 9.59 Å². The number of rotatable bonds is 8. The first-order valence-electron chi connectivity index (χ1n) is 9.51. The third-order valence-corrected chi connectivity index (χ3v) is 5.01. The fraction of sp³-hybridized carbons (Fsp3) is 0.619. The Balaban J connectivity index is 1.76. The molecule has 0 bridgehead atoms. The highest BCUT2D eigenvalue weighted by Gasteiger charge is 2.33. The summed E-state index contributed by atoms with van der Waals surface area (Å²) in [7, 11) is 1.52. The van der Waals surface area contributed by atoms with Gasteiger partial charge in [-0.15, -0.1) is 0 Å². The Morgan fingerprint density at radius 3 is 2.44 bits per heavy atom. The molecule has 1 fully saturated rings. The largest absolute Gasteiger partial charge is 0.493 e. The molecule has 1 saturated carbocycles. The van der Waals surface area contributed by atoms with E-state index in [4.69, 9.17) is 18.9 Å². The van der Waals surface area contributed by atoms with Gasteiger partial charge in [0.15, 0.2) is 24.7 Å². The summed E-state index contributed by atoms with van der Waals surface area (Å²) in [4.78, 5) is 23.9. The van der Waals surface area contributed by atoms with Gasteiger partial charge in [0.25, 0.3) is 0 Å². The minimum absolute atomic E-state index is 0.107. The van der Waals surface area contributed by atoms with Gasteiger partial charge in [0.05, 0.1) is 7.11 Å². The highest BCUT2D eigenvalue weighted by Crippen LogP contribution is 2.35. The van der Waals surface area contributed by atoms with Crippen molar-refractivity contribution in [3.63, 3.8) is 0 Å². The minimum atomic E-state index is -0.629. The van der Waals surface area contributed by atoms with Gasteiger partial charge in [-0.1, -0.05) is 39.3 Å². The number of carbonyl (C=O) groups is 2. The lowest BCUT2D eigenvalue weighted by molar-refractivity contribution is -0.167. The molecule has 0 spiro atoms. The number of hydrogen-bond acceptors (Lipinski definition) is 6. The van der Waals surface area contributed by atoms with E-state index in [1.54, 1.807) is 24.3 Å². The molecule has 6 nitrogen and oxygen atoms in total. The molecule has 3 atom stereocenters. The summed E-state index contributed by atoms with van der Waals surface area (Å²) in [6.07, 6.45) is 2.97. The number of hydrogen-bond donors (Lipinski definition) is 0. The van der Waals surface area contributed by atoms with Gasteiger partial charge in [0, 0.05) is 0 Å². The van der Waals surface area contributed by atoms with E-state index in [0.29, 0.717) is 29.3 Å². The molecule has 1 aromatic rings. The lowest BCUT2D eigenvalue weighted by Crippen LogP contribution is -2.37. The van der Waals surface area contributed by atoms with Gasteiger partial charge in [-0.2, -0.15) is 0 Å². The van der Waals surface area contributed by atoms with Crippen LogP contribution in [0.2, 0.25) is 0 Å². The third-order valence-electron chi connectivity index (χ3n) is 5.01. The summed E-state index contributed by atoms with van der Waals surface area (Å²) in [5.41, 5.74) is 0. The van der Waals surface area contributed by atoms with Crippen LogP contribution in [0.4, 0.5) is 0 Å². The topological polar surface area (TPSA) is 71.1 Å². The van der Waals surface area contributed by atoms with E-state index in [1.807, 2.05) is 0 Å². The Bertz CT molecular complexity index is 627. The van der Waals surface area contributed by atoms with Crippen molar-refractivity contribution < 1.29 is 28.5 Å². The molecule has 0 aliphatic heterocycles. The zero-order valence-electron chi connectivity index (χ0n) is 16.6. The molecule has 0 N–H and O–H groups in total. The van der Waals surface area contributed by atoms with Crippen molar-refractivity contribution >= 4 is 11.9 Å². The first kappa shape index (κ1) is 21.1. The molecule has 1 aromatic carbocycles. The average Bonchev–Trinajstić information content (AvgIpc) is 2.64. The van der Waals surface area contributed by atoms with E-state index in [1.165, 1.54) is 7.11 Å². The fourth-order valence-corrected chi connectivity index (χ4v) is 3.51. The summed E-state index contributed by atoms with van der Waals surface area (Å²) in [6.45, 7) is 5.77. The molecular formula is C21H30O6. The third kappa shape index (κ3) is 6.45. The van der Waals surface area contributed by atoms with Gasteiger partial charge < -0.3 is 18.9 Å². The molecule has 0 saturated heterocycles. The number of para-hydroxylation sites is 2. The Hall–Kier alpha value is -2.24. The zero-order valence-corrected chi connectivity index (χ0v) is 16.6. The van der Waals surface area contributed by atoms with Crippen molar-refractivity contribution in [3.8, 4) is 11.5 Å². The molecule has 1 aliphatic carbocycles. The van der Waals surface area contributed by atoms with Crippen molar-refractivity contribution in [1.82, 2.24) is 0 Å². The standard InChI is InChI=1S/C21H30O6/c1-14(2)16-10-9-15(3)11-19(16)27-21(23)13-26-20(22)12-25-18-8-6-5-7-17(18)24-4/h5-8,14-16,19H,9-13H2,1-4H3. The number of carbonyl (C=O) groups excluding carboxylic acids is 2. The van der Waals surface area contributed by atoms with Crippen molar-refractivity contribution in [2.24, 2.45) is 17.8 Å². The van der Waals surface area contributed by atoms with Crippen LogP contribution in [-0.4, -0.2) is 38.4 Å². The maximum absolute atomic E-state index is 12.1. The van der Waals surface area contributed by atoms with Crippen LogP contribution in [0.3, 0.4) is 0 Å². The van der Waals surface area contributed by atoms with Crippen molar-refractivity contribution in [1.29, 1.82) is 0 Å². The van der Waals surface area contributed by atoms with Crippen LogP contribution >= 0.6 is 0 Å². The number of benzene rings is 1. The Kier molecular flexibility index (Phi) is 7.95. The van der Waals surface area contributed by atoms with Crippen LogP contribution in [-0.2, 0) is 19.1 Å². The maximum Gasteiger partial charge on any atom is 0.344 e. The second-order valence-corrected chi connectivity index (χ2v) is 7.45. The van der Waals surface area contributed by atoms with Gasteiger partial charge in [-0.25, -0.2) is 9.59 Å². The van der Waals surface area contributed by atoms with Crippen LogP contribution in [0.1, 0.15) is 40.0 Å². The smallest absolute Gasteiger partial charge is 0.344 e. The van der Waals surface area contributed by atoms with Gasteiger partial charge in [-0.3, -0.25) is 0 Å². The molecule has 2 rings (SSSR count). The molecular weight excluding hydrogens is 348 g/mol. The molecule has 0 heterocycles. The van der Waals surface area contributed by atoms with E-state index >= 15 is 0 Å². The van der Waals surface area contributed by atoms with Crippen LogP contribution in [0.15, 0.2) is 24.3 Å². The number of ether oxygens (including phenoxy) is 4. The van der Waals surface area contributed by atoms with Crippen molar-refractivity contribution in [2.45, 2.75) is 46.1 Å². The highest BCUT2D eigenvalue weighted by molar-refractivity contribution is 5.77. The van der Waals surface area contributed by atoms with E-state index in [-0.39, 0.29) is 12.7 Å². The first-order valence-corrected chi connectivity index (χ1v) is 9.51. The van der Waals surface area contributed by atoms with Crippen LogP contribution in [0, 0.1) is 17.8 Å². The van der Waals surface area contributed by atoms with Gasteiger partial charge in [0.1, 0.15) is 6.10 Å². The molecule has 0 radical (unpaired) electrons. The second kappa shape index (κ2) is 10.2. The average molecular weight is 378 g/mol. The predicted octanol–water partition coefficient (Wildman–Crippen LogP) is 3.62. The van der Waals surface area contributed by atoms with Crippen LogP contribution < -0.4 is 9.47 Å². The normalized spacial score (nSPS) is 22.2. The van der Waals surface area contributed by atoms with Crippen LogP contribution in [0.25, 0.3) is 0 Å². The predicted molar refractivity (Wildman–Crippen MR) is 101 cm³/mol. The first-order chi connectivity index (χ1) is 12.9. The molecule has 27 heavy (non-hydrogen) atoms. The molecule has 150 valence electrons. The molecule has 6 heteroatoms. The summed E-state index contributed by atoms with van der Waals surface area (Å²) >= 11 is 0. The van der Waals surface area contributed by atoms with Crippen molar-refractivity contribution in [3.05, 3.63) is 24.3 Å². The zero-order chi connectivity index (χ0) is 19.8. The van der Waals surface area contributed by atoms with Gasteiger partial charge in [0.2, 0.25) is 0 Å².